The smallest absolute Gasteiger partial charge is 0.223 e. The summed E-state index contributed by atoms with van der Waals surface area (Å²) in [6, 6.07) is 0.750. The Labute approximate surface area is 165 Å². The summed E-state index contributed by atoms with van der Waals surface area (Å²) < 4.78 is 0. The van der Waals surface area contributed by atoms with E-state index < -0.39 is 0 Å². The Bertz CT molecular complexity index is 455. The van der Waals surface area contributed by atoms with E-state index in [1.165, 1.54) is 44.9 Å². The van der Waals surface area contributed by atoms with Gasteiger partial charge in [0.25, 0.3) is 0 Å². The van der Waals surface area contributed by atoms with Gasteiger partial charge in [0.1, 0.15) is 0 Å². The van der Waals surface area contributed by atoms with Crippen LogP contribution < -0.4 is 10.6 Å². The molecule has 0 unspecified atom stereocenters. The second-order valence-electron chi connectivity index (χ2n) is 9.30. The summed E-state index contributed by atoms with van der Waals surface area (Å²) in [5, 5.41) is 6.65. The highest BCUT2D eigenvalue weighted by Gasteiger charge is 2.27. The quantitative estimate of drug-likeness (QED) is 0.736. The predicted octanol–water partition coefficient (Wildman–Crippen LogP) is 4.86. The van der Waals surface area contributed by atoms with Crippen molar-refractivity contribution < 1.29 is 9.59 Å². The zero-order valence-corrected chi connectivity index (χ0v) is 17.1. The Morgan fingerprint density at radius 3 is 1.26 bits per heavy atom. The molecule has 3 rings (SSSR count). The van der Waals surface area contributed by atoms with Gasteiger partial charge in [0.15, 0.2) is 0 Å². The maximum absolute atomic E-state index is 12.7. The Morgan fingerprint density at radius 1 is 0.444 bits per heavy atom. The first kappa shape index (κ1) is 20.7. The van der Waals surface area contributed by atoms with Crippen LogP contribution in [-0.4, -0.2) is 23.9 Å². The fraction of sp³-hybridized carbons (Fsp3) is 0.913. The minimum absolute atomic E-state index is 0.188. The summed E-state index contributed by atoms with van der Waals surface area (Å²) >= 11 is 0. The molecule has 0 bridgehead atoms. The van der Waals surface area contributed by atoms with E-state index in [0.717, 1.165) is 64.2 Å². The lowest BCUT2D eigenvalue weighted by Gasteiger charge is -2.27. The summed E-state index contributed by atoms with van der Waals surface area (Å²) in [4.78, 5) is 25.3. The van der Waals surface area contributed by atoms with Gasteiger partial charge in [-0.1, -0.05) is 57.8 Å². The molecular weight excluding hydrogens is 336 g/mol. The first-order valence-corrected chi connectivity index (χ1v) is 11.8. The number of amides is 2. The van der Waals surface area contributed by atoms with E-state index in [0.29, 0.717) is 23.9 Å². The van der Waals surface area contributed by atoms with Crippen LogP contribution in [-0.2, 0) is 9.59 Å². The molecule has 154 valence electrons. The molecule has 2 N–H and O–H groups in total. The van der Waals surface area contributed by atoms with Crippen molar-refractivity contribution in [3.8, 4) is 0 Å². The van der Waals surface area contributed by atoms with Crippen molar-refractivity contribution in [1.82, 2.24) is 10.6 Å². The highest BCUT2D eigenvalue weighted by molar-refractivity contribution is 5.79. The molecule has 27 heavy (non-hydrogen) atoms. The van der Waals surface area contributed by atoms with Gasteiger partial charge in [-0.15, -0.1) is 0 Å². The first-order chi connectivity index (χ1) is 13.2. The zero-order chi connectivity index (χ0) is 18.9. The Morgan fingerprint density at radius 2 is 0.778 bits per heavy atom. The average molecular weight is 377 g/mol. The number of hydrogen-bond donors (Lipinski definition) is 2. The molecule has 4 nitrogen and oxygen atoms in total. The molecule has 0 aromatic carbocycles. The van der Waals surface area contributed by atoms with E-state index in [1.54, 1.807) is 0 Å². The zero-order valence-electron chi connectivity index (χ0n) is 17.1. The van der Waals surface area contributed by atoms with Crippen molar-refractivity contribution in [2.24, 2.45) is 11.8 Å². The van der Waals surface area contributed by atoms with Crippen molar-refractivity contribution in [3.05, 3.63) is 0 Å². The summed E-state index contributed by atoms with van der Waals surface area (Å²) in [6.45, 7) is 0. The molecule has 0 saturated heterocycles. The molecule has 0 heterocycles. The Kier molecular flexibility index (Phi) is 8.47. The van der Waals surface area contributed by atoms with E-state index in [1.807, 2.05) is 0 Å². The number of nitrogens with one attached hydrogen (secondary N) is 2. The van der Waals surface area contributed by atoms with Crippen molar-refractivity contribution >= 4 is 11.8 Å². The van der Waals surface area contributed by atoms with Crippen LogP contribution >= 0.6 is 0 Å². The molecule has 3 fully saturated rings. The maximum atomic E-state index is 12.7. The van der Waals surface area contributed by atoms with E-state index in [9.17, 15) is 9.59 Å². The molecule has 3 saturated carbocycles. The first-order valence-electron chi connectivity index (χ1n) is 11.8. The summed E-state index contributed by atoms with van der Waals surface area (Å²) in [6.07, 6.45) is 19.5. The van der Waals surface area contributed by atoms with Gasteiger partial charge in [0, 0.05) is 23.9 Å². The lowest BCUT2D eigenvalue weighted by molar-refractivity contribution is -0.128. The van der Waals surface area contributed by atoms with Crippen molar-refractivity contribution in [2.75, 3.05) is 0 Å². The van der Waals surface area contributed by atoms with Crippen LogP contribution in [0.4, 0.5) is 0 Å². The van der Waals surface area contributed by atoms with E-state index in [2.05, 4.69) is 10.6 Å². The minimum atomic E-state index is 0.188. The van der Waals surface area contributed by atoms with Crippen LogP contribution in [0.25, 0.3) is 0 Å². The fourth-order valence-electron chi connectivity index (χ4n) is 5.34. The predicted molar refractivity (Wildman–Crippen MR) is 109 cm³/mol. The third kappa shape index (κ3) is 6.80. The molecule has 0 aliphatic heterocycles. The van der Waals surface area contributed by atoms with Crippen LogP contribution in [0.15, 0.2) is 0 Å². The highest BCUT2D eigenvalue weighted by Crippen LogP contribution is 2.26. The Hall–Kier alpha value is -1.06. The minimum Gasteiger partial charge on any atom is -0.353 e. The molecule has 2 amide bonds. The molecule has 3 aliphatic rings. The molecule has 0 radical (unpaired) electrons. The second-order valence-corrected chi connectivity index (χ2v) is 9.30. The van der Waals surface area contributed by atoms with Crippen LogP contribution in [0.5, 0.6) is 0 Å². The highest BCUT2D eigenvalue weighted by atomic mass is 16.2. The van der Waals surface area contributed by atoms with Crippen LogP contribution in [0.2, 0.25) is 0 Å². The monoisotopic (exact) mass is 376 g/mol. The van der Waals surface area contributed by atoms with Gasteiger partial charge in [0.2, 0.25) is 11.8 Å². The number of carbonyl (C=O) groups is 2. The third-order valence-electron chi connectivity index (χ3n) is 7.11. The lowest BCUT2D eigenvalue weighted by Crippen LogP contribution is -2.41. The van der Waals surface area contributed by atoms with Crippen molar-refractivity contribution in [1.29, 1.82) is 0 Å². The second kappa shape index (κ2) is 11.1. The number of carbonyl (C=O) groups excluding carboxylic acids is 2. The molecule has 0 atom stereocenters. The van der Waals surface area contributed by atoms with Crippen LogP contribution in [0.1, 0.15) is 109 Å². The van der Waals surface area contributed by atoms with Gasteiger partial charge in [-0.05, 0) is 51.4 Å². The molecule has 4 heteroatoms. The van der Waals surface area contributed by atoms with Crippen LogP contribution in [0.3, 0.4) is 0 Å². The topological polar surface area (TPSA) is 58.2 Å². The van der Waals surface area contributed by atoms with Gasteiger partial charge in [-0.2, -0.15) is 0 Å². The lowest BCUT2D eigenvalue weighted by atomic mass is 9.87. The van der Waals surface area contributed by atoms with Gasteiger partial charge in [-0.25, -0.2) is 0 Å². The summed E-state index contributed by atoms with van der Waals surface area (Å²) in [7, 11) is 0. The molecule has 0 aromatic heterocycles. The van der Waals surface area contributed by atoms with Gasteiger partial charge in [0.05, 0.1) is 0 Å². The van der Waals surface area contributed by atoms with Crippen molar-refractivity contribution in [3.63, 3.8) is 0 Å². The van der Waals surface area contributed by atoms with Gasteiger partial charge in [-0.3, -0.25) is 9.59 Å². The average Bonchev–Trinajstić information content (AvgIpc) is 3.09. The van der Waals surface area contributed by atoms with E-state index >= 15 is 0 Å². The van der Waals surface area contributed by atoms with Crippen molar-refractivity contribution in [2.45, 2.75) is 121 Å². The van der Waals surface area contributed by atoms with Crippen LogP contribution in [0, 0.1) is 11.8 Å². The number of rotatable bonds is 4. The third-order valence-corrected chi connectivity index (χ3v) is 7.11. The summed E-state index contributed by atoms with van der Waals surface area (Å²) in [5.41, 5.74) is 0. The summed E-state index contributed by atoms with van der Waals surface area (Å²) in [5.74, 6) is 1.02. The maximum Gasteiger partial charge on any atom is 0.223 e. The van der Waals surface area contributed by atoms with Gasteiger partial charge >= 0.3 is 0 Å². The SMILES string of the molecule is O=C(N[C@H]1CCC[C@@H](C(=O)NC2CCCC2)CCC1)C1CCCCCCC1. The molecule has 3 aliphatic carbocycles. The number of hydrogen-bond acceptors (Lipinski definition) is 2. The van der Waals surface area contributed by atoms with Gasteiger partial charge < -0.3 is 10.6 Å². The molecular formula is C23H40N2O2. The van der Waals surface area contributed by atoms with E-state index in [4.69, 9.17) is 0 Å². The standard InChI is InChI=1S/C23H40N2O2/c26-22(18-10-4-2-1-3-5-11-18)25-21-16-8-12-19(13-9-17-21)23(27)24-20-14-6-7-15-20/h18-21H,1-17H2,(H,24,27)(H,25,26)/t19-,21+. The fourth-order valence-corrected chi connectivity index (χ4v) is 5.34. The normalized spacial score (nSPS) is 29.2. The van der Waals surface area contributed by atoms with E-state index in [-0.39, 0.29) is 11.8 Å². The largest absolute Gasteiger partial charge is 0.353 e. The molecule has 0 spiro atoms. The Balaban J connectivity index is 1.39. The molecule has 0 aromatic rings.